The summed E-state index contributed by atoms with van der Waals surface area (Å²) in [4.78, 5) is 25.5. The van der Waals surface area contributed by atoms with Crippen LogP contribution in [0.3, 0.4) is 0 Å². The van der Waals surface area contributed by atoms with Crippen molar-refractivity contribution in [2.45, 2.75) is 30.5 Å². The molecule has 0 unspecified atom stereocenters. The van der Waals surface area contributed by atoms with E-state index in [9.17, 15) is 27.9 Å². The van der Waals surface area contributed by atoms with E-state index in [2.05, 4.69) is 0 Å². The molecule has 170 valence electrons. The summed E-state index contributed by atoms with van der Waals surface area (Å²) in [6.45, 7) is -1.68. The first-order valence-corrected chi connectivity index (χ1v) is 10.2. The number of alkyl halides is 3. The van der Waals surface area contributed by atoms with Crippen LogP contribution in [0.5, 0.6) is 0 Å². The first-order valence-electron chi connectivity index (χ1n) is 10.2. The summed E-state index contributed by atoms with van der Waals surface area (Å²) in [6, 6.07) is 15.8. The van der Waals surface area contributed by atoms with Gasteiger partial charge in [-0.1, -0.05) is 48.5 Å². The number of piperidine rings is 1. The number of hydrogen-bond donors (Lipinski definition) is 1. The third-order valence-electron chi connectivity index (χ3n) is 6.07. The monoisotopic (exact) mass is 449 g/mol. The molecule has 2 aromatic carbocycles. The van der Waals surface area contributed by atoms with E-state index in [4.69, 9.17) is 9.47 Å². The molecule has 1 saturated heterocycles. The maximum absolute atomic E-state index is 12.6. The lowest BCUT2D eigenvalue weighted by Crippen LogP contribution is -2.53. The van der Waals surface area contributed by atoms with Gasteiger partial charge in [0.05, 0.1) is 0 Å². The van der Waals surface area contributed by atoms with Crippen molar-refractivity contribution in [3.05, 3.63) is 59.7 Å². The van der Waals surface area contributed by atoms with E-state index in [1.54, 1.807) is 0 Å². The van der Waals surface area contributed by atoms with Crippen molar-refractivity contribution in [1.82, 2.24) is 4.90 Å². The van der Waals surface area contributed by atoms with Gasteiger partial charge in [-0.25, -0.2) is 9.59 Å². The predicted molar refractivity (Wildman–Crippen MR) is 108 cm³/mol. The zero-order chi connectivity index (χ0) is 22.9. The van der Waals surface area contributed by atoms with E-state index in [0.717, 1.165) is 22.3 Å². The van der Waals surface area contributed by atoms with E-state index in [0.29, 0.717) is 0 Å². The van der Waals surface area contributed by atoms with Crippen LogP contribution >= 0.6 is 0 Å². The van der Waals surface area contributed by atoms with Gasteiger partial charge in [0.1, 0.15) is 13.2 Å². The number of amides is 1. The van der Waals surface area contributed by atoms with E-state index in [1.807, 2.05) is 48.5 Å². The van der Waals surface area contributed by atoms with Crippen LogP contribution in [-0.4, -0.2) is 60.1 Å². The van der Waals surface area contributed by atoms with Gasteiger partial charge in [-0.3, -0.25) is 0 Å². The molecule has 2 aromatic rings. The van der Waals surface area contributed by atoms with Crippen LogP contribution in [0.25, 0.3) is 11.1 Å². The minimum atomic E-state index is -4.63. The highest BCUT2D eigenvalue weighted by atomic mass is 19.4. The van der Waals surface area contributed by atoms with Crippen LogP contribution in [0.15, 0.2) is 48.5 Å². The summed E-state index contributed by atoms with van der Waals surface area (Å²) in [6.07, 6.45) is -5.75. The molecule has 0 bridgehead atoms. The number of carboxylic acid groups (broad SMARTS) is 1. The fraction of sp³-hybridized carbons (Fsp3) is 0.391. The van der Waals surface area contributed by atoms with E-state index in [-0.39, 0.29) is 38.5 Å². The van der Waals surface area contributed by atoms with E-state index < -0.39 is 30.4 Å². The van der Waals surface area contributed by atoms with Gasteiger partial charge in [-0.05, 0) is 22.3 Å². The third-order valence-corrected chi connectivity index (χ3v) is 6.07. The highest BCUT2D eigenvalue weighted by molar-refractivity contribution is 5.79. The number of carboxylic acids is 1. The molecule has 0 atom stereocenters. The van der Waals surface area contributed by atoms with Crippen LogP contribution in [0.4, 0.5) is 18.0 Å². The van der Waals surface area contributed by atoms with Crippen molar-refractivity contribution in [2.24, 2.45) is 0 Å². The molecule has 1 aliphatic carbocycles. The van der Waals surface area contributed by atoms with E-state index in [1.165, 1.54) is 4.90 Å². The Bertz CT molecular complexity index is 969. The van der Waals surface area contributed by atoms with Crippen LogP contribution in [-0.2, 0) is 14.3 Å². The predicted octanol–water partition coefficient (Wildman–Crippen LogP) is 4.43. The molecule has 0 aromatic heterocycles. The lowest BCUT2D eigenvalue weighted by Gasteiger charge is -2.38. The second kappa shape index (κ2) is 8.46. The number of benzene rings is 2. The average Bonchev–Trinajstić information content (AvgIpc) is 3.09. The van der Waals surface area contributed by atoms with Gasteiger partial charge in [-0.15, -0.1) is 0 Å². The molecule has 1 N–H and O–H groups in total. The van der Waals surface area contributed by atoms with Gasteiger partial charge in [0.15, 0.2) is 5.60 Å². The van der Waals surface area contributed by atoms with Crippen molar-refractivity contribution in [2.75, 3.05) is 26.3 Å². The minimum absolute atomic E-state index is 0.0686. The number of nitrogens with zero attached hydrogens (tertiary/aromatic N) is 1. The highest BCUT2D eigenvalue weighted by Crippen LogP contribution is 2.44. The molecule has 4 rings (SSSR count). The maximum Gasteiger partial charge on any atom is 0.411 e. The van der Waals surface area contributed by atoms with Crippen molar-refractivity contribution in [3.63, 3.8) is 0 Å². The summed E-state index contributed by atoms with van der Waals surface area (Å²) in [5.74, 6) is -1.58. The largest absolute Gasteiger partial charge is 0.479 e. The molecular formula is C23H22F3NO5. The second-order valence-electron chi connectivity index (χ2n) is 7.99. The Morgan fingerprint density at radius 2 is 1.53 bits per heavy atom. The second-order valence-corrected chi connectivity index (χ2v) is 7.99. The van der Waals surface area contributed by atoms with Crippen LogP contribution in [0.1, 0.15) is 29.9 Å². The number of likely N-dealkylation sites (tertiary alicyclic amines) is 1. The summed E-state index contributed by atoms with van der Waals surface area (Å²) in [5, 5.41) is 9.42. The molecular weight excluding hydrogens is 427 g/mol. The number of ether oxygens (including phenoxy) is 2. The summed E-state index contributed by atoms with van der Waals surface area (Å²) >= 11 is 0. The minimum Gasteiger partial charge on any atom is -0.479 e. The van der Waals surface area contributed by atoms with Crippen LogP contribution < -0.4 is 0 Å². The van der Waals surface area contributed by atoms with Gasteiger partial charge in [0.25, 0.3) is 0 Å². The topological polar surface area (TPSA) is 76.1 Å². The molecule has 1 aliphatic heterocycles. The Balaban J connectivity index is 1.38. The van der Waals surface area contributed by atoms with Crippen LogP contribution in [0.2, 0.25) is 0 Å². The Morgan fingerprint density at radius 3 is 2.03 bits per heavy atom. The summed E-state index contributed by atoms with van der Waals surface area (Å²) in [5.41, 5.74) is 2.34. The van der Waals surface area contributed by atoms with E-state index >= 15 is 0 Å². The van der Waals surface area contributed by atoms with Gasteiger partial charge in [-0.2, -0.15) is 13.2 Å². The Kier molecular flexibility index (Phi) is 5.85. The SMILES string of the molecule is O=C(OCC1c2ccccc2-c2ccccc21)N1CCC(OCC(F)(F)F)(C(=O)O)CC1. The lowest BCUT2D eigenvalue weighted by molar-refractivity contribution is -0.219. The van der Waals surface area contributed by atoms with Crippen molar-refractivity contribution < 1.29 is 37.3 Å². The molecule has 6 nitrogen and oxygen atoms in total. The van der Waals surface area contributed by atoms with Gasteiger partial charge in [0, 0.05) is 31.8 Å². The fourth-order valence-electron chi connectivity index (χ4n) is 4.38. The number of carbonyl (C=O) groups is 2. The summed E-state index contributed by atoms with van der Waals surface area (Å²) < 4.78 is 47.8. The molecule has 1 amide bonds. The first kappa shape index (κ1) is 22.1. The number of fused-ring (bicyclic) bond motifs is 3. The molecule has 0 spiro atoms. The number of hydrogen-bond acceptors (Lipinski definition) is 4. The zero-order valence-corrected chi connectivity index (χ0v) is 17.1. The molecule has 1 heterocycles. The molecule has 32 heavy (non-hydrogen) atoms. The lowest BCUT2D eigenvalue weighted by atomic mass is 9.91. The molecule has 0 radical (unpaired) electrons. The van der Waals surface area contributed by atoms with Gasteiger partial charge >= 0.3 is 18.2 Å². The Labute approximate surface area is 182 Å². The number of rotatable bonds is 5. The Hall–Kier alpha value is -3.07. The molecule has 2 aliphatic rings. The molecule has 9 heteroatoms. The molecule has 0 saturated carbocycles. The fourth-order valence-corrected chi connectivity index (χ4v) is 4.38. The third kappa shape index (κ3) is 4.29. The normalized spacial score (nSPS) is 17.5. The van der Waals surface area contributed by atoms with Gasteiger partial charge < -0.3 is 19.5 Å². The zero-order valence-electron chi connectivity index (χ0n) is 17.1. The number of carbonyl (C=O) groups excluding carboxylic acids is 1. The molecule has 1 fully saturated rings. The number of aliphatic carboxylic acids is 1. The smallest absolute Gasteiger partial charge is 0.411 e. The average molecular weight is 449 g/mol. The quantitative estimate of drug-likeness (QED) is 0.731. The van der Waals surface area contributed by atoms with Crippen molar-refractivity contribution >= 4 is 12.1 Å². The highest BCUT2D eigenvalue weighted by Gasteiger charge is 2.46. The van der Waals surface area contributed by atoms with Gasteiger partial charge in [0.2, 0.25) is 0 Å². The van der Waals surface area contributed by atoms with Crippen molar-refractivity contribution in [1.29, 1.82) is 0 Å². The van der Waals surface area contributed by atoms with Crippen molar-refractivity contribution in [3.8, 4) is 11.1 Å². The summed E-state index contributed by atoms with van der Waals surface area (Å²) in [7, 11) is 0. The standard InChI is InChI=1S/C23H22F3NO5/c24-23(25,26)14-32-22(20(28)29)9-11-27(12-10-22)21(30)31-13-19-17-7-3-1-5-15(17)16-6-2-4-8-18(16)19/h1-8,19H,9-14H2,(H,28,29). The first-order chi connectivity index (χ1) is 15.2. The van der Waals surface area contributed by atoms with Crippen LogP contribution in [0, 0.1) is 0 Å². The Morgan fingerprint density at radius 1 is 1.00 bits per heavy atom. The maximum atomic E-state index is 12.6. The number of halogens is 3.